The molecule has 1 heterocycles. The third-order valence-corrected chi connectivity index (χ3v) is 2.72. The van der Waals surface area contributed by atoms with E-state index < -0.39 is 0 Å². The number of rotatable bonds is 3. The number of hydrazine groups is 1. The number of hydrogen-bond donors (Lipinski definition) is 3. The second-order valence-corrected chi connectivity index (χ2v) is 4.18. The summed E-state index contributed by atoms with van der Waals surface area (Å²) in [5.41, 5.74) is 4.04. The minimum atomic E-state index is -0.297. The minimum Gasteiger partial charge on any atom is -0.355 e. The molecule has 2 aromatic rings. The van der Waals surface area contributed by atoms with Crippen LogP contribution in [0.2, 0.25) is 0 Å². The molecule has 0 saturated heterocycles. The molecule has 0 bridgehead atoms. The van der Waals surface area contributed by atoms with Crippen molar-refractivity contribution < 1.29 is 4.39 Å². The summed E-state index contributed by atoms with van der Waals surface area (Å²) in [4.78, 5) is 3.99. The van der Waals surface area contributed by atoms with Crippen molar-refractivity contribution in [1.29, 1.82) is 0 Å². The van der Waals surface area contributed by atoms with Gasteiger partial charge >= 0.3 is 0 Å². The topological polar surface area (TPSA) is 63.0 Å². The third-order valence-electron chi connectivity index (χ3n) is 2.12. The van der Waals surface area contributed by atoms with Crippen LogP contribution in [0.5, 0.6) is 0 Å². The Morgan fingerprint density at radius 2 is 1.94 bits per heavy atom. The second kappa shape index (κ2) is 5.11. The van der Waals surface area contributed by atoms with Crippen LogP contribution in [0.1, 0.15) is 0 Å². The number of nitrogens with zero attached hydrogens (tertiary/aromatic N) is 1. The molecule has 0 saturated carbocycles. The zero-order valence-electron chi connectivity index (χ0n) is 8.74. The molecule has 4 nitrogen and oxygen atoms in total. The van der Waals surface area contributed by atoms with Gasteiger partial charge in [0.15, 0.2) is 0 Å². The van der Waals surface area contributed by atoms with Gasteiger partial charge in [0, 0.05) is 23.6 Å². The summed E-state index contributed by atoms with van der Waals surface area (Å²) in [5, 5.41) is 3.11. The number of hydrogen-bond acceptors (Lipinski definition) is 4. The minimum absolute atomic E-state index is 0.297. The van der Waals surface area contributed by atoms with Gasteiger partial charge in [-0.15, -0.1) is 0 Å². The van der Waals surface area contributed by atoms with E-state index in [4.69, 9.17) is 5.84 Å². The Bertz CT molecular complexity index is 533. The molecule has 0 fully saturated rings. The molecule has 0 unspecified atom stereocenters. The summed E-state index contributed by atoms with van der Waals surface area (Å²) in [6.07, 6.45) is 1.62. The standard InChI is InChI=1S/C11H10BrFN4/c12-9-5-7(1-2-10(9)13)16-8-3-4-15-11(6-8)17-14/h1-6H,14H2,(H2,15,16,17). The monoisotopic (exact) mass is 296 g/mol. The molecular weight excluding hydrogens is 287 g/mol. The van der Waals surface area contributed by atoms with Gasteiger partial charge in [-0.25, -0.2) is 15.2 Å². The first-order valence-corrected chi connectivity index (χ1v) is 5.63. The fourth-order valence-corrected chi connectivity index (χ4v) is 1.71. The molecule has 0 atom stereocenters. The molecule has 0 amide bonds. The summed E-state index contributed by atoms with van der Waals surface area (Å²) >= 11 is 3.13. The van der Waals surface area contributed by atoms with Gasteiger partial charge in [-0.3, -0.25) is 0 Å². The largest absolute Gasteiger partial charge is 0.355 e. The number of nitrogen functional groups attached to an aromatic ring is 1. The second-order valence-electron chi connectivity index (χ2n) is 3.33. The number of pyridine rings is 1. The molecule has 1 aromatic heterocycles. The molecular formula is C11H10BrFN4. The lowest BCUT2D eigenvalue weighted by atomic mass is 10.3. The lowest BCUT2D eigenvalue weighted by Gasteiger charge is -2.08. The molecule has 4 N–H and O–H groups in total. The molecule has 0 aliphatic rings. The van der Waals surface area contributed by atoms with E-state index in [0.717, 1.165) is 11.4 Å². The highest BCUT2D eigenvalue weighted by atomic mass is 79.9. The fourth-order valence-electron chi connectivity index (χ4n) is 1.33. The van der Waals surface area contributed by atoms with Crippen LogP contribution in [-0.2, 0) is 0 Å². The van der Waals surface area contributed by atoms with Gasteiger partial charge in [-0.1, -0.05) is 0 Å². The van der Waals surface area contributed by atoms with Crippen molar-refractivity contribution in [2.45, 2.75) is 0 Å². The Hall–Kier alpha value is -1.66. The fraction of sp³-hybridized carbons (Fsp3) is 0. The van der Waals surface area contributed by atoms with E-state index in [1.807, 2.05) is 0 Å². The van der Waals surface area contributed by atoms with E-state index in [1.165, 1.54) is 6.07 Å². The van der Waals surface area contributed by atoms with E-state index in [2.05, 4.69) is 31.7 Å². The third kappa shape index (κ3) is 2.92. The molecule has 1 aromatic carbocycles. The van der Waals surface area contributed by atoms with Crippen LogP contribution in [0, 0.1) is 5.82 Å². The van der Waals surface area contributed by atoms with Crippen LogP contribution in [0.15, 0.2) is 41.0 Å². The van der Waals surface area contributed by atoms with E-state index >= 15 is 0 Å². The summed E-state index contributed by atoms with van der Waals surface area (Å²) in [7, 11) is 0. The maximum atomic E-state index is 13.0. The average Bonchev–Trinajstić information content (AvgIpc) is 2.34. The number of halogens is 2. The highest BCUT2D eigenvalue weighted by molar-refractivity contribution is 9.10. The van der Waals surface area contributed by atoms with Crippen molar-refractivity contribution in [2.24, 2.45) is 5.84 Å². The lowest BCUT2D eigenvalue weighted by Crippen LogP contribution is -2.08. The van der Waals surface area contributed by atoms with Crippen LogP contribution >= 0.6 is 15.9 Å². The van der Waals surface area contributed by atoms with Crippen LogP contribution in [0.3, 0.4) is 0 Å². The van der Waals surface area contributed by atoms with Gasteiger partial charge in [-0.2, -0.15) is 0 Å². The zero-order chi connectivity index (χ0) is 12.3. The molecule has 0 aliphatic heterocycles. The van der Waals surface area contributed by atoms with E-state index in [-0.39, 0.29) is 5.82 Å². The van der Waals surface area contributed by atoms with Crippen LogP contribution in [0.4, 0.5) is 21.6 Å². The van der Waals surface area contributed by atoms with Gasteiger partial charge in [0.1, 0.15) is 11.6 Å². The van der Waals surface area contributed by atoms with Crippen molar-refractivity contribution in [3.05, 3.63) is 46.8 Å². The molecule has 0 radical (unpaired) electrons. The van der Waals surface area contributed by atoms with Crippen molar-refractivity contribution >= 4 is 33.1 Å². The van der Waals surface area contributed by atoms with Gasteiger partial charge < -0.3 is 10.7 Å². The van der Waals surface area contributed by atoms with Gasteiger partial charge in [0.2, 0.25) is 0 Å². The van der Waals surface area contributed by atoms with Crippen molar-refractivity contribution in [3.63, 3.8) is 0 Å². The Labute approximate surface area is 106 Å². The van der Waals surface area contributed by atoms with Crippen molar-refractivity contribution in [3.8, 4) is 0 Å². The predicted octanol–water partition coefficient (Wildman–Crippen LogP) is 3.01. The molecule has 17 heavy (non-hydrogen) atoms. The molecule has 0 spiro atoms. The first-order chi connectivity index (χ1) is 8.19. The Morgan fingerprint density at radius 1 is 1.18 bits per heavy atom. The first-order valence-electron chi connectivity index (χ1n) is 4.84. The van der Waals surface area contributed by atoms with Crippen LogP contribution in [-0.4, -0.2) is 4.98 Å². The van der Waals surface area contributed by atoms with Gasteiger partial charge in [0.05, 0.1) is 4.47 Å². The number of nitrogens with two attached hydrogens (primary N) is 1. The maximum Gasteiger partial charge on any atom is 0.141 e. The molecule has 0 aliphatic carbocycles. The molecule has 2 rings (SSSR count). The quantitative estimate of drug-likeness (QED) is 0.602. The highest BCUT2D eigenvalue weighted by Gasteiger charge is 2.01. The highest BCUT2D eigenvalue weighted by Crippen LogP contribution is 2.23. The summed E-state index contributed by atoms with van der Waals surface area (Å²) in [6, 6.07) is 8.23. The SMILES string of the molecule is NNc1cc(Nc2ccc(F)c(Br)c2)ccn1. The average molecular weight is 297 g/mol. The zero-order valence-corrected chi connectivity index (χ0v) is 10.3. The van der Waals surface area contributed by atoms with Crippen LogP contribution < -0.4 is 16.6 Å². The molecule has 88 valence electrons. The number of nitrogens with one attached hydrogen (secondary N) is 2. The van der Waals surface area contributed by atoms with Gasteiger partial charge in [-0.05, 0) is 40.2 Å². The number of aromatic nitrogens is 1. The van der Waals surface area contributed by atoms with Crippen LogP contribution in [0.25, 0.3) is 0 Å². The Kier molecular flexibility index (Phi) is 3.55. The maximum absolute atomic E-state index is 13.0. The first kappa shape index (κ1) is 11.8. The Morgan fingerprint density at radius 3 is 2.65 bits per heavy atom. The summed E-state index contributed by atoms with van der Waals surface area (Å²) in [5.74, 6) is 5.51. The summed E-state index contributed by atoms with van der Waals surface area (Å²) < 4.78 is 13.5. The summed E-state index contributed by atoms with van der Waals surface area (Å²) in [6.45, 7) is 0. The van der Waals surface area contributed by atoms with E-state index in [9.17, 15) is 4.39 Å². The molecule has 6 heteroatoms. The number of anilines is 3. The van der Waals surface area contributed by atoms with Crippen molar-refractivity contribution in [1.82, 2.24) is 4.98 Å². The van der Waals surface area contributed by atoms with Gasteiger partial charge in [0.25, 0.3) is 0 Å². The Balaban J connectivity index is 2.22. The smallest absolute Gasteiger partial charge is 0.141 e. The van der Waals surface area contributed by atoms with E-state index in [1.54, 1.807) is 30.5 Å². The number of benzene rings is 1. The van der Waals surface area contributed by atoms with Crippen molar-refractivity contribution in [2.75, 3.05) is 10.7 Å². The van der Waals surface area contributed by atoms with E-state index in [0.29, 0.717) is 10.3 Å². The lowest BCUT2D eigenvalue weighted by molar-refractivity contribution is 0.621. The predicted molar refractivity (Wildman–Crippen MR) is 69.4 cm³/mol. The normalized spacial score (nSPS) is 10.1.